The van der Waals surface area contributed by atoms with Crippen molar-refractivity contribution in [2.24, 2.45) is 0 Å². The van der Waals surface area contributed by atoms with Gasteiger partial charge in [-0.05, 0) is 50.6 Å². The molecule has 2 fully saturated rings. The molecule has 0 radical (unpaired) electrons. The first kappa shape index (κ1) is 26.5. The topological polar surface area (TPSA) is 79.0 Å². The molecule has 1 N–H and O–H groups in total. The Morgan fingerprint density at radius 2 is 1.75 bits per heavy atom. The van der Waals surface area contributed by atoms with Crippen molar-refractivity contribution < 1.29 is 19.1 Å². The molecule has 36 heavy (non-hydrogen) atoms. The van der Waals surface area contributed by atoms with Gasteiger partial charge in [-0.15, -0.1) is 0 Å². The third kappa shape index (κ3) is 5.24. The van der Waals surface area contributed by atoms with Crippen LogP contribution >= 0.6 is 23.2 Å². The summed E-state index contributed by atoms with van der Waals surface area (Å²) in [5.41, 5.74) is 0.951. The third-order valence-corrected chi connectivity index (χ3v) is 7.79. The van der Waals surface area contributed by atoms with Gasteiger partial charge < -0.3 is 15.0 Å². The molecule has 7 nitrogen and oxygen atoms in total. The first-order valence-corrected chi connectivity index (χ1v) is 13.0. The highest BCUT2D eigenvalue weighted by atomic mass is 35.5. The van der Waals surface area contributed by atoms with Crippen molar-refractivity contribution in [3.8, 4) is 0 Å². The summed E-state index contributed by atoms with van der Waals surface area (Å²) in [5.74, 6) is -0.634. The number of aryl methyl sites for hydroxylation is 1. The second kappa shape index (κ2) is 10.8. The molecule has 2 aliphatic rings. The smallest absolute Gasteiger partial charge is 0.256 e. The molecule has 2 aromatic carbocycles. The number of benzene rings is 2. The Bertz CT molecular complexity index is 1160. The summed E-state index contributed by atoms with van der Waals surface area (Å²) in [6.07, 6.45) is 1.57. The molecule has 3 amide bonds. The monoisotopic (exact) mass is 531 g/mol. The van der Waals surface area contributed by atoms with Gasteiger partial charge in [0.1, 0.15) is 11.8 Å². The molecule has 192 valence electrons. The molecule has 2 heterocycles. The molecule has 2 saturated heterocycles. The lowest BCUT2D eigenvalue weighted by atomic mass is 9.95. The first-order chi connectivity index (χ1) is 17.1. The van der Waals surface area contributed by atoms with Crippen LogP contribution in [0.4, 0.5) is 0 Å². The molecule has 2 aliphatic heterocycles. The number of piperidine rings is 1. The van der Waals surface area contributed by atoms with E-state index in [0.717, 1.165) is 12.0 Å². The number of ether oxygens (including phenoxy) is 1. The lowest BCUT2D eigenvalue weighted by Gasteiger charge is -2.44. The molecule has 1 spiro atoms. The van der Waals surface area contributed by atoms with E-state index in [1.54, 1.807) is 34.1 Å². The third-order valence-electron chi connectivity index (χ3n) is 7.05. The average molecular weight is 532 g/mol. The van der Waals surface area contributed by atoms with Crippen molar-refractivity contribution in [2.45, 2.75) is 57.8 Å². The number of amides is 3. The van der Waals surface area contributed by atoms with Crippen molar-refractivity contribution >= 4 is 40.9 Å². The lowest BCUT2D eigenvalue weighted by molar-refractivity contribution is -0.128. The molecule has 2 unspecified atom stereocenters. The van der Waals surface area contributed by atoms with Crippen LogP contribution in [0.1, 0.15) is 59.4 Å². The minimum absolute atomic E-state index is 0.0179. The largest absolute Gasteiger partial charge is 0.353 e. The molecular weight excluding hydrogens is 501 g/mol. The molecule has 9 heteroatoms. The molecule has 4 rings (SSSR count). The van der Waals surface area contributed by atoms with Crippen LogP contribution in [0.15, 0.2) is 42.5 Å². The molecule has 0 bridgehead atoms. The number of hydrogen-bond donors (Lipinski definition) is 1. The fraction of sp³-hybridized carbons (Fsp3) is 0.444. The summed E-state index contributed by atoms with van der Waals surface area (Å²) in [4.78, 5) is 43.4. The van der Waals surface area contributed by atoms with Crippen LogP contribution < -0.4 is 5.32 Å². The standard InChI is InChI=1S/C27H31Cl2N3O4/c1-4-18(3)30-24(33)23-16-36-27(32(23)26(35)19-7-5-6-17(2)14-19)10-12-31(13-11-27)25(34)20-8-9-21(28)22(29)15-20/h5-9,14-15,18,23H,4,10-13,16H2,1-3H3,(H,30,33). The second-order valence-corrected chi connectivity index (χ2v) is 10.4. The van der Waals surface area contributed by atoms with Gasteiger partial charge in [0.05, 0.1) is 16.7 Å². The number of likely N-dealkylation sites (tertiary alicyclic amines) is 1. The number of carbonyl (C=O) groups is 3. The normalized spacial score (nSPS) is 19.9. The summed E-state index contributed by atoms with van der Waals surface area (Å²) < 4.78 is 6.25. The summed E-state index contributed by atoms with van der Waals surface area (Å²) in [7, 11) is 0. The zero-order chi connectivity index (χ0) is 26.0. The number of nitrogens with one attached hydrogen (secondary N) is 1. The predicted octanol–water partition coefficient (Wildman–Crippen LogP) is 4.69. The van der Waals surface area contributed by atoms with Crippen LogP contribution in [0, 0.1) is 6.92 Å². The quantitative estimate of drug-likeness (QED) is 0.606. The molecule has 0 aliphatic carbocycles. The van der Waals surface area contributed by atoms with Gasteiger partial charge in [-0.25, -0.2) is 0 Å². The van der Waals surface area contributed by atoms with Crippen molar-refractivity contribution in [2.75, 3.05) is 19.7 Å². The molecular formula is C27H31Cl2N3O4. The van der Waals surface area contributed by atoms with E-state index in [1.807, 2.05) is 39.0 Å². The molecule has 2 atom stereocenters. The van der Waals surface area contributed by atoms with Crippen molar-refractivity contribution in [3.63, 3.8) is 0 Å². The van der Waals surface area contributed by atoms with Crippen LogP contribution in [-0.4, -0.2) is 65.0 Å². The predicted molar refractivity (Wildman–Crippen MR) is 139 cm³/mol. The number of rotatable bonds is 5. The highest BCUT2D eigenvalue weighted by Gasteiger charge is 2.54. The minimum Gasteiger partial charge on any atom is -0.353 e. The van der Waals surface area contributed by atoms with Crippen molar-refractivity contribution in [3.05, 3.63) is 69.2 Å². The van der Waals surface area contributed by atoms with Gasteiger partial charge >= 0.3 is 0 Å². The number of halogens is 2. The van der Waals surface area contributed by atoms with E-state index in [2.05, 4.69) is 5.32 Å². The van der Waals surface area contributed by atoms with E-state index < -0.39 is 11.8 Å². The minimum atomic E-state index is -0.966. The highest BCUT2D eigenvalue weighted by molar-refractivity contribution is 6.42. The Morgan fingerprint density at radius 1 is 1.06 bits per heavy atom. The Kier molecular flexibility index (Phi) is 7.93. The van der Waals surface area contributed by atoms with Crippen LogP contribution in [0.2, 0.25) is 10.0 Å². The van der Waals surface area contributed by atoms with Gasteiger partial charge in [0.15, 0.2) is 0 Å². The summed E-state index contributed by atoms with van der Waals surface area (Å²) in [5, 5.41) is 3.70. The van der Waals surface area contributed by atoms with E-state index in [9.17, 15) is 14.4 Å². The average Bonchev–Trinajstić information content (AvgIpc) is 3.23. The van der Waals surface area contributed by atoms with Gasteiger partial charge in [0.25, 0.3) is 11.8 Å². The van der Waals surface area contributed by atoms with Crippen LogP contribution in [0.3, 0.4) is 0 Å². The van der Waals surface area contributed by atoms with E-state index >= 15 is 0 Å². The highest BCUT2D eigenvalue weighted by Crippen LogP contribution is 2.39. The van der Waals surface area contributed by atoms with E-state index in [-0.39, 0.29) is 30.4 Å². The first-order valence-electron chi connectivity index (χ1n) is 12.2. The fourth-order valence-electron chi connectivity index (χ4n) is 4.80. The maximum atomic E-state index is 13.8. The Morgan fingerprint density at radius 3 is 2.39 bits per heavy atom. The maximum Gasteiger partial charge on any atom is 0.256 e. The molecule has 0 aromatic heterocycles. The number of nitrogens with zero attached hydrogens (tertiary/aromatic N) is 2. The van der Waals surface area contributed by atoms with Gasteiger partial charge in [-0.3, -0.25) is 19.3 Å². The number of hydrogen-bond acceptors (Lipinski definition) is 4. The number of carbonyl (C=O) groups excluding carboxylic acids is 3. The van der Waals surface area contributed by atoms with E-state index in [4.69, 9.17) is 27.9 Å². The molecule has 2 aromatic rings. The zero-order valence-corrected chi connectivity index (χ0v) is 22.2. The maximum absolute atomic E-state index is 13.8. The van der Waals surface area contributed by atoms with Gasteiger partial charge in [0, 0.05) is 43.1 Å². The fourth-order valence-corrected chi connectivity index (χ4v) is 5.09. The van der Waals surface area contributed by atoms with Crippen LogP contribution in [0.5, 0.6) is 0 Å². The van der Waals surface area contributed by atoms with Crippen molar-refractivity contribution in [1.29, 1.82) is 0 Å². The lowest BCUT2D eigenvalue weighted by Crippen LogP contribution is -2.60. The Labute approximate surface area is 221 Å². The zero-order valence-electron chi connectivity index (χ0n) is 20.7. The SMILES string of the molecule is CCC(C)NC(=O)C1COC2(CCN(C(=O)c3ccc(Cl)c(Cl)c3)CC2)N1C(=O)c1cccc(C)c1. The Balaban J connectivity index is 1.58. The summed E-state index contributed by atoms with van der Waals surface area (Å²) in [6, 6.07) is 11.4. The van der Waals surface area contributed by atoms with Gasteiger partial charge in [-0.1, -0.05) is 47.8 Å². The Hall–Kier alpha value is -2.61. The molecule has 0 saturated carbocycles. The van der Waals surface area contributed by atoms with E-state index in [0.29, 0.717) is 47.1 Å². The van der Waals surface area contributed by atoms with Gasteiger partial charge in [0.2, 0.25) is 5.91 Å². The van der Waals surface area contributed by atoms with Gasteiger partial charge in [-0.2, -0.15) is 0 Å². The second-order valence-electron chi connectivity index (χ2n) is 9.56. The summed E-state index contributed by atoms with van der Waals surface area (Å²) in [6.45, 7) is 6.71. The van der Waals surface area contributed by atoms with Crippen molar-refractivity contribution in [1.82, 2.24) is 15.1 Å². The summed E-state index contributed by atoms with van der Waals surface area (Å²) >= 11 is 12.1. The van der Waals surface area contributed by atoms with Crippen LogP contribution in [-0.2, 0) is 9.53 Å². The van der Waals surface area contributed by atoms with Crippen LogP contribution in [0.25, 0.3) is 0 Å². The van der Waals surface area contributed by atoms with E-state index in [1.165, 1.54) is 0 Å².